The SMILES string of the molecule is NCCCCC(NC(=O)C1CCCN1C(=O)C(N)CCCN=C(N)N)C(=O)N1CCCC1C(=O)O. The molecule has 0 aromatic carbocycles. The first-order valence-electron chi connectivity index (χ1n) is 12.3. The van der Waals surface area contributed by atoms with Gasteiger partial charge in [-0.3, -0.25) is 19.4 Å². The Hall–Kier alpha value is -2.93. The maximum atomic E-state index is 13.2. The van der Waals surface area contributed by atoms with Gasteiger partial charge < -0.3 is 43.2 Å². The number of amides is 3. The fourth-order valence-electron chi connectivity index (χ4n) is 4.66. The lowest BCUT2D eigenvalue weighted by Gasteiger charge is -2.30. The van der Waals surface area contributed by atoms with Crippen LogP contribution in [0.15, 0.2) is 4.99 Å². The number of likely N-dealkylation sites (tertiary alicyclic amines) is 2. The minimum atomic E-state index is -1.05. The van der Waals surface area contributed by atoms with E-state index in [4.69, 9.17) is 22.9 Å². The molecule has 2 saturated heterocycles. The lowest BCUT2D eigenvalue weighted by atomic mass is 10.1. The molecule has 13 heteroatoms. The van der Waals surface area contributed by atoms with Gasteiger partial charge in [-0.25, -0.2) is 4.79 Å². The highest BCUT2D eigenvalue weighted by Gasteiger charge is 2.40. The molecule has 3 amide bonds. The fourth-order valence-corrected chi connectivity index (χ4v) is 4.66. The van der Waals surface area contributed by atoms with Crippen molar-refractivity contribution in [2.75, 3.05) is 26.2 Å². The largest absolute Gasteiger partial charge is 0.480 e. The summed E-state index contributed by atoms with van der Waals surface area (Å²) in [5.41, 5.74) is 22.2. The Bertz CT molecular complexity index is 788. The van der Waals surface area contributed by atoms with Crippen LogP contribution in [0.5, 0.6) is 0 Å². The van der Waals surface area contributed by atoms with Crippen LogP contribution in [0.25, 0.3) is 0 Å². The maximum Gasteiger partial charge on any atom is 0.326 e. The standard InChI is InChI=1S/C22H40N8O5/c23-10-2-1-7-15(20(33)30-13-5-9-17(30)21(34)35)28-18(31)16-8-4-12-29(16)19(32)14(24)6-3-11-27-22(25)26/h14-17H,1-13,23-24H2,(H,28,31)(H,34,35)(H4,25,26,27). The molecule has 2 heterocycles. The molecule has 0 aromatic rings. The minimum absolute atomic E-state index is 0.0275. The van der Waals surface area contributed by atoms with E-state index in [1.165, 1.54) is 9.80 Å². The van der Waals surface area contributed by atoms with E-state index in [0.717, 1.165) is 0 Å². The van der Waals surface area contributed by atoms with Crippen LogP contribution in [-0.2, 0) is 19.2 Å². The third-order valence-electron chi connectivity index (χ3n) is 6.51. The molecule has 2 aliphatic rings. The number of nitrogens with one attached hydrogen (secondary N) is 1. The lowest BCUT2D eigenvalue weighted by molar-refractivity contribution is -0.150. The Labute approximate surface area is 205 Å². The molecule has 35 heavy (non-hydrogen) atoms. The van der Waals surface area contributed by atoms with E-state index in [2.05, 4.69) is 10.3 Å². The molecule has 2 aliphatic heterocycles. The fraction of sp³-hybridized carbons (Fsp3) is 0.773. The van der Waals surface area contributed by atoms with E-state index in [9.17, 15) is 24.3 Å². The van der Waals surface area contributed by atoms with Crippen LogP contribution in [0.1, 0.15) is 57.8 Å². The van der Waals surface area contributed by atoms with Crippen molar-refractivity contribution in [1.29, 1.82) is 0 Å². The van der Waals surface area contributed by atoms with E-state index in [1.807, 2.05) is 0 Å². The second-order valence-corrected chi connectivity index (χ2v) is 9.12. The van der Waals surface area contributed by atoms with Gasteiger partial charge in [0.1, 0.15) is 18.1 Å². The van der Waals surface area contributed by atoms with Gasteiger partial charge in [-0.1, -0.05) is 0 Å². The predicted octanol–water partition coefficient (Wildman–Crippen LogP) is -1.95. The Balaban J connectivity index is 2.04. The molecule has 198 valence electrons. The smallest absolute Gasteiger partial charge is 0.326 e. The topological polar surface area (TPSA) is 223 Å². The number of carboxylic acid groups (broad SMARTS) is 1. The van der Waals surface area contributed by atoms with Crippen LogP contribution in [0.4, 0.5) is 0 Å². The molecule has 0 spiro atoms. The van der Waals surface area contributed by atoms with E-state index >= 15 is 0 Å². The molecule has 0 saturated carbocycles. The van der Waals surface area contributed by atoms with E-state index < -0.39 is 42.0 Å². The van der Waals surface area contributed by atoms with Crippen molar-refractivity contribution in [2.24, 2.45) is 27.9 Å². The van der Waals surface area contributed by atoms with Crippen LogP contribution < -0.4 is 28.3 Å². The number of aliphatic carboxylic acids is 1. The molecule has 0 bridgehead atoms. The third kappa shape index (κ3) is 8.06. The highest BCUT2D eigenvalue weighted by atomic mass is 16.4. The number of unbranched alkanes of at least 4 members (excludes halogenated alkanes) is 1. The average Bonchev–Trinajstić information content (AvgIpc) is 3.50. The summed E-state index contributed by atoms with van der Waals surface area (Å²) in [6.45, 7) is 1.54. The van der Waals surface area contributed by atoms with Gasteiger partial charge in [0.15, 0.2) is 5.96 Å². The number of hydrogen-bond donors (Lipinski definition) is 6. The molecule has 10 N–H and O–H groups in total. The van der Waals surface area contributed by atoms with Crippen LogP contribution in [0.2, 0.25) is 0 Å². The van der Waals surface area contributed by atoms with Gasteiger partial charge in [0.05, 0.1) is 6.04 Å². The minimum Gasteiger partial charge on any atom is -0.480 e. The van der Waals surface area contributed by atoms with Gasteiger partial charge >= 0.3 is 5.97 Å². The predicted molar refractivity (Wildman–Crippen MR) is 130 cm³/mol. The molecule has 13 nitrogen and oxygen atoms in total. The van der Waals surface area contributed by atoms with Crippen molar-refractivity contribution in [3.63, 3.8) is 0 Å². The average molecular weight is 497 g/mol. The summed E-state index contributed by atoms with van der Waals surface area (Å²) in [5, 5.41) is 12.3. The van der Waals surface area contributed by atoms with Crippen LogP contribution in [0, 0.1) is 0 Å². The molecule has 2 fully saturated rings. The van der Waals surface area contributed by atoms with Crippen LogP contribution >= 0.6 is 0 Å². The first kappa shape index (κ1) is 28.3. The summed E-state index contributed by atoms with van der Waals surface area (Å²) in [6.07, 6.45) is 4.59. The number of hydrogen-bond acceptors (Lipinski definition) is 7. The van der Waals surface area contributed by atoms with Crippen molar-refractivity contribution < 1.29 is 24.3 Å². The number of rotatable bonds is 13. The zero-order chi connectivity index (χ0) is 26.0. The van der Waals surface area contributed by atoms with E-state index in [-0.39, 0.29) is 11.9 Å². The number of nitrogens with zero attached hydrogens (tertiary/aromatic N) is 3. The highest BCUT2D eigenvalue weighted by molar-refractivity contribution is 5.94. The summed E-state index contributed by atoms with van der Waals surface area (Å²) >= 11 is 0. The second-order valence-electron chi connectivity index (χ2n) is 9.12. The monoisotopic (exact) mass is 496 g/mol. The lowest BCUT2D eigenvalue weighted by Crippen LogP contribution is -2.56. The third-order valence-corrected chi connectivity index (χ3v) is 6.51. The van der Waals surface area contributed by atoms with E-state index in [0.29, 0.717) is 84.0 Å². The van der Waals surface area contributed by atoms with Gasteiger partial charge in [-0.2, -0.15) is 0 Å². The van der Waals surface area contributed by atoms with Crippen molar-refractivity contribution in [3.8, 4) is 0 Å². The van der Waals surface area contributed by atoms with Crippen LogP contribution in [0.3, 0.4) is 0 Å². The number of carbonyl (C=O) groups excluding carboxylic acids is 3. The number of nitrogens with two attached hydrogens (primary N) is 4. The zero-order valence-electron chi connectivity index (χ0n) is 20.2. The van der Waals surface area contributed by atoms with Crippen LogP contribution in [-0.4, -0.2) is 94.9 Å². The van der Waals surface area contributed by atoms with Gasteiger partial charge in [0.25, 0.3) is 0 Å². The number of aliphatic imine (C=N–C) groups is 1. The first-order chi connectivity index (χ1) is 16.7. The van der Waals surface area contributed by atoms with Crippen molar-refractivity contribution >= 4 is 29.7 Å². The summed E-state index contributed by atoms with van der Waals surface area (Å²) < 4.78 is 0. The molecular formula is C22H40N8O5. The molecule has 0 radical (unpaired) electrons. The van der Waals surface area contributed by atoms with Gasteiger partial charge in [-0.05, 0) is 64.3 Å². The molecule has 4 unspecified atom stereocenters. The Kier molecular flexibility index (Phi) is 11.2. The Morgan fingerprint density at radius 1 is 0.943 bits per heavy atom. The normalized spacial score (nSPS) is 21.4. The maximum absolute atomic E-state index is 13.2. The molecule has 4 atom stereocenters. The molecule has 0 aliphatic carbocycles. The summed E-state index contributed by atoms with van der Waals surface area (Å²) in [6, 6.07) is -3.29. The van der Waals surface area contributed by atoms with Gasteiger partial charge in [0.2, 0.25) is 17.7 Å². The van der Waals surface area contributed by atoms with Gasteiger partial charge in [-0.15, -0.1) is 0 Å². The number of carboxylic acids is 1. The van der Waals surface area contributed by atoms with E-state index in [1.54, 1.807) is 0 Å². The molecule has 0 aromatic heterocycles. The molecule has 2 rings (SSSR count). The number of carbonyl (C=O) groups is 4. The Morgan fingerprint density at radius 2 is 1.57 bits per heavy atom. The second kappa shape index (κ2) is 13.8. The van der Waals surface area contributed by atoms with Gasteiger partial charge in [0, 0.05) is 19.6 Å². The highest BCUT2D eigenvalue weighted by Crippen LogP contribution is 2.22. The van der Waals surface area contributed by atoms with Crippen molar-refractivity contribution in [2.45, 2.75) is 82.0 Å². The van der Waals surface area contributed by atoms with Crippen molar-refractivity contribution in [3.05, 3.63) is 0 Å². The first-order valence-corrected chi connectivity index (χ1v) is 12.3. The molecular weight excluding hydrogens is 456 g/mol. The summed E-state index contributed by atoms with van der Waals surface area (Å²) in [5.74, 6) is -2.25. The Morgan fingerprint density at radius 3 is 2.17 bits per heavy atom. The number of guanidine groups is 1. The quantitative estimate of drug-likeness (QED) is 0.0945. The zero-order valence-corrected chi connectivity index (χ0v) is 20.2. The van der Waals surface area contributed by atoms with Crippen molar-refractivity contribution in [1.82, 2.24) is 15.1 Å². The summed E-state index contributed by atoms with van der Waals surface area (Å²) in [4.78, 5) is 57.6. The summed E-state index contributed by atoms with van der Waals surface area (Å²) in [7, 11) is 0.